The molecule has 1 aliphatic carbocycles. The van der Waals surface area contributed by atoms with E-state index in [1.165, 1.54) is 12.1 Å². The van der Waals surface area contributed by atoms with Crippen molar-refractivity contribution >= 4 is 11.5 Å². The Morgan fingerprint density at radius 1 is 1.26 bits per heavy atom. The molecule has 3 rings (SSSR count). The van der Waals surface area contributed by atoms with Gasteiger partial charge >= 0.3 is 0 Å². The molecule has 96 valence electrons. The van der Waals surface area contributed by atoms with E-state index in [-0.39, 0.29) is 5.69 Å². The molecular formula is C13H12N4O2. The summed E-state index contributed by atoms with van der Waals surface area (Å²) in [7, 11) is 0. The third kappa shape index (κ3) is 2.37. The summed E-state index contributed by atoms with van der Waals surface area (Å²) in [6, 6.07) is 8.02. The molecule has 6 nitrogen and oxygen atoms in total. The maximum absolute atomic E-state index is 10.8. The van der Waals surface area contributed by atoms with Gasteiger partial charge in [-0.15, -0.1) is 0 Å². The van der Waals surface area contributed by atoms with E-state index in [9.17, 15) is 10.1 Å². The number of non-ortho nitro benzene ring substituents is 1. The van der Waals surface area contributed by atoms with Gasteiger partial charge in [0.25, 0.3) is 5.69 Å². The van der Waals surface area contributed by atoms with Gasteiger partial charge in [0.05, 0.1) is 10.6 Å². The highest BCUT2D eigenvalue weighted by Crippen LogP contribution is 2.39. The summed E-state index contributed by atoms with van der Waals surface area (Å²) in [4.78, 5) is 19.0. The Balaban J connectivity index is 2.05. The second-order valence-electron chi connectivity index (χ2n) is 4.62. The Labute approximate surface area is 109 Å². The van der Waals surface area contributed by atoms with Crippen molar-refractivity contribution in [2.75, 3.05) is 5.73 Å². The summed E-state index contributed by atoms with van der Waals surface area (Å²) in [6.45, 7) is 0. The lowest BCUT2D eigenvalue weighted by atomic mass is 10.1. The molecule has 1 aliphatic rings. The van der Waals surface area contributed by atoms with Gasteiger partial charge in [0, 0.05) is 29.7 Å². The minimum Gasteiger partial charge on any atom is -0.384 e. The van der Waals surface area contributed by atoms with Crippen LogP contribution in [0.2, 0.25) is 0 Å². The van der Waals surface area contributed by atoms with Crippen molar-refractivity contribution in [3.63, 3.8) is 0 Å². The number of nitro groups is 1. The molecule has 0 unspecified atom stereocenters. The molecule has 0 spiro atoms. The average Bonchev–Trinajstić information content (AvgIpc) is 3.22. The molecule has 1 heterocycles. The summed E-state index contributed by atoms with van der Waals surface area (Å²) in [5.74, 6) is 1.53. The zero-order valence-electron chi connectivity index (χ0n) is 10.1. The Bertz CT molecular complexity index is 653. The quantitative estimate of drug-likeness (QED) is 0.672. The lowest BCUT2D eigenvalue weighted by Crippen LogP contribution is -2.00. The summed E-state index contributed by atoms with van der Waals surface area (Å²) in [6.07, 6.45) is 2.16. The van der Waals surface area contributed by atoms with Crippen molar-refractivity contribution in [2.45, 2.75) is 18.8 Å². The largest absolute Gasteiger partial charge is 0.384 e. The lowest BCUT2D eigenvalue weighted by molar-refractivity contribution is -0.384. The summed E-state index contributed by atoms with van der Waals surface area (Å²) in [5.41, 5.74) is 7.14. The first-order valence-corrected chi connectivity index (χ1v) is 6.03. The van der Waals surface area contributed by atoms with Crippen molar-refractivity contribution in [1.29, 1.82) is 0 Å². The standard InChI is InChI=1S/C13H12N4O2/c14-12-7-11(15-13(16-12)8-4-5-8)9-2-1-3-10(6-9)17(18)19/h1-3,6-8H,4-5H2,(H2,14,15,16). The average molecular weight is 256 g/mol. The monoisotopic (exact) mass is 256 g/mol. The summed E-state index contributed by atoms with van der Waals surface area (Å²) in [5, 5.41) is 10.8. The fourth-order valence-electron chi connectivity index (χ4n) is 1.94. The molecule has 2 aromatic rings. The predicted octanol–water partition coefficient (Wildman–Crippen LogP) is 2.51. The maximum atomic E-state index is 10.8. The van der Waals surface area contributed by atoms with Crippen molar-refractivity contribution < 1.29 is 4.92 Å². The molecule has 0 radical (unpaired) electrons. The van der Waals surface area contributed by atoms with Crippen molar-refractivity contribution in [3.8, 4) is 11.3 Å². The van der Waals surface area contributed by atoms with Gasteiger partial charge in [-0.05, 0) is 12.8 Å². The molecule has 2 N–H and O–H groups in total. The molecule has 0 saturated heterocycles. The highest BCUT2D eigenvalue weighted by atomic mass is 16.6. The molecule has 1 fully saturated rings. The first kappa shape index (κ1) is 11.6. The number of benzene rings is 1. The van der Waals surface area contributed by atoms with Crippen LogP contribution in [-0.4, -0.2) is 14.9 Å². The number of hydrogen-bond donors (Lipinski definition) is 1. The van der Waals surface area contributed by atoms with Gasteiger partial charge in [-0.3, -0.25) is 10.1 Å². The minimum absolute atomic E-state index is 0.0441. The van der Waals surface area contributed by atoms with Crippen LogP contribution in [0, 0.1) is 10.1 Å². The molecule has 1 aromatic heterocycles. The van der Waals surface area contributed by atoms with Crippen molar-refractivity contribution in [1.82, 2.24) is 9.97 Å². The van der Waals surface area contributed by atoms with Gasteiger partial charge in [0.2, 0.25) is 0 Å². The van der Waals surface area contributed by atoms with E-state index >= 15 is 0 Å². The van der Waals surface area contributed by atoms with Crippen LogP contribution >= 0.6 is 0 Å². The van der Waals surface area contributed by atoms with Crippen LogP contribution in [0.3, 0.4) is 0 Å². The Morgan fingerprint density at radius 2 is 2.05 bits per heavy atom. The van der Waals surface area contributed by atoms with Crippen LogP contribution in [0.1, 0.15) is 24.6 Å². The SMILES string of the molecule is Nc1cc(-c2cccc([N+](=O)[O-])c2)nc(C2CC2)n1. The van der Waals surface area contributed by atoms with Crippen LogP contribution in [0.5, 0.6) is 0 Å². The maximum Gasteiger partial charge on any atom is 0.270 e. The number of nitrogens with zero attached hydrogens (tertiary/aromatic N) is 3. The molecule has 0 amide bonds. The van der Waals surface area contributed by atoms with Gasteiger partial charge < -0.3 is 5.73 Å². The van der Waals surface area contributed by atoms with Crippen LogP contribution < -0.4 is 5.73 Å². The number of nitro benzene ring substituents is 1. The smallest absolute Gasteiger partial charge is 0.270 e. The van der Waals surface area contributed by atoms with Gasteiger partial charge in [-0.25, -0.2) is 9.97 Å². The third-order valence-corrected chi connectivity index (χ3v) is 3.06. The lowest BCUT2D eigenvalue weighted by Gasteiger charge is -2.05. The number of nitrogens with two attached hydrogens (primary N) is 1. The van der Waals surface area contributed by atoms with Crippen LogP contribution in [0.15, 0.2) is 30.3 Å². The number of aromatic nitrogens is 2. The second kappa shape index (κ2) is 4.31. The molecular weight excluding hydrogens is 244 g/mol. The van der Waals surface area contributed by atoms with Gasteiger partial charge in [0.1, 0.15) is 11.6 Å². The summed E-state index contributed by atoms with van der Waals surface area (Å²) >= 11 is 0. The highest BCUT2D eigenvalue weighted by molar-refractivity contribution is 5.64. The number of hydrogen-bond acceptors (Lipinski definition) is 5. The first-order valence-electron chi connectivity index (χ1n) is 6.03. The van der Waals surface area contributed by atoms with E-state index in [0.717, 1.165) is 18.7 Å². The van der Waals surface area contributed by atoms with E-state index in [1.54, 1.807) is 18.2 Å². The minimum atomic E-state index is -0.421. The first-order chi connectivity index (χ1) is 9.13. The fraction of sp³-hybridized carbons (Fsp3) is 0.231. The molecule has 6 heteroatoms. The van der Waals surface area contributed by atoms with Gasteiger partial charge in [-0.2, -0.15) is 0 Å². The van der Waals surface area contributed by atoms with Crippen LogP contribution in [-0.2, 0) is 0 Å². The second-order valence-corrected chi connectivity index (χ2v) is 4.62. The van der Waals surface area contributed by atoms with Crippen LogP contribution in [0.4, 0.5) is 11.5 Å². The predicted molar refractivity (Wildman–Crippen MR) is 70.5 cm³/mol. The number of nitrogen functional groups attached to an aromatic ring is 1. The van der Waals surface area contributed by atoms with E-state index in [0.29, 0.717) is 23.0 Å². The van der Waals surface area contributed by atoms with E-state index in [1.807, 2.05) is 0 Å². The molecule has 19 heavy (non-hydrogen) atoms. The number of rotatable bonds is 3. The zero-order valence-corrected chi connectivity index (χ0v) is 10.1. The zero-order chi connectivity index (χ0) is 13.4. The molecule has 1 aromatic carbocycles. The summed E-state index contributed by atoms with van der Waals surface area (Å²) < 4.78 is 0. The Hall–Kier alpha value is -2.50. The molecule has 0 atom stereocenters. The number of anilines is 1. The fourth-order valence-corrected chi connectivity index (χ4v) is 1.94. The van der Waals surface area contributed by atoms with Gasteiger partial charge in [-0.1, -0.05) is 12.1 Å². The Morgan fingerprint density at radius 3 is 2.74 bits per heavy atom. The van der Waals surface area contributed by atoms with Crippen LogP contribution in [0.25, 0.3) is 11.3 Å². The van der Waals surface area contributed by atoms with Crippen molar-refractivity contribution in [3.05, 3.63) is 46.3 Å². The van der Waals surface area contributed by atoms with Crippen molar-refractivity contribution in [2.24, 2.45) is 0 Å². The Kier molecular flexibility index (Phi) is 2.63. The molecule has 0 aliphatic heterocycles. The van der Waals surface area contributed by atoms with E-state index in [2.05, 4.69) is 9.97 Å². The van der Waals surface area contributed by atoms with E-state index < -0.39 is 4.92 Å². The topological polar surface area (TPSA) is 94.9 Å². The van der Waals surface area contributed by atoms with E-state index in [4.69, 9.17) is 5.73 Å². The normalized spacial score (nSPS) is 14.3. The highest BCUT2D eigenvalue weighted by Gasteiger charge is 2.27. The molecule has 1 saturated carbocycles. The third-order valence-electron chi connectivity index (χ3n) is 3.06. The van der Waals surface area contributed by atoms with Gasteiger partial charge in [0.15, 0.2) is 0 Å². The molecule has 0 bridgehead atoms.